The van der Waals surface area contributed by atoms with Crippen molar-refractivity contribution in [3.8, 4) is 22.7 Å². The number of hydrogen-bond donors (Lipinski definition) is 1. The van der Waals surface area contributed by atoms with Gasteiger partial charge in [-0.05, 0) is 61.0 Å². The van der Waals surface area contributed by atoms with Crippen LogP contribution in [0.5, 0.6) is 5.75 Å². The van der Waals surface area contributed by atoms with E-state index in [0.717, 1.165) is 6.07 Å². The van der Waals surface area contributed by atoms with E-state index in [0.29, 0.717) is 22.5 Å². The third kappa shape index (κ3) is 3.53. The van der Waals surface area contributed by atoms with E-state index < -0.39 is 17.6 Å². The zero-order chi connectivity index (χ0) is 19.8. The molecule has 0 spiro atoms. The standard InChI is InChI=1S/C20H17F3N2O2/c1-12-10-13(19(24)26)5-8-17(12)25-9-3-4-18(25)15-7-6-14(27-2)11-16(15)20(21,22)23/h3-11H,1-2H3,(H2,24,26). The monoisotopic (exact) mass is 374 g/mol. The molecule has 0 radical (unpaired) electrons. The number of carbonyl (C=O) groups is 1. The highest BCUT2D eigenvalue weighted by Crippen LogP contribution is 2.40. The zero-order valence-electron chi connectivity index (χ0n) is 14.7. The lowest BCUT2D eigenvalue weighted by atomic mass is 10.0. The molecule has 4 nitrogen and oxygen atoms in total. The van der Waals surface area contributed by atoms with Crippen molar-refractivity contribution in [1.82, 2.24) is 4.57 Å². The van der Waals surface area contributed by atoms with Crippen molar-refractivity contribution in [2.45, 2.75) is 13.1 Å². The van der Waals surface area contributed by atoms with Gasteiger partial charge in [0.25, 0.3) is 0 Å². The summed E-state index contributed by atoms with van der Waals surface area (Å²) in [6.07, 6.45) is -2.87. The van der Waals surface area contributed by atoms with E-state index in [9.17, 15) is 18.0 Å². The predicted molar refractivity (Wildman–Crippen MR) is 96.0 cm³/mol. The molecule has 27 heavy (non-hydrogen) atoms. The van der Waals surface area contributed by atoms with Gasteiger partial charge in [-0.3, -0.25) is 4.79 Å². The lowest BCUT2D eigenvalue weighted by molar-refractivity contribution is -0.137. The van der Waals surface area contributed by atoms with E-state index in [2.05, 4.69) is 0 Å². The number of aromatic nitrogens is 1. The molecular weight excluding hydrogens is 357 g/mol. The fraction of sp³-hybridized carbons (Fsp3) is 0.150. The zero-order valence-corrected chi connectivity index (χ0v) is 14.7. The Hall–Kier alpha value is -3.22. The van der Waals surface area contributed by atoms with Crippen molar-refractivity contribution in [1.29, 1.82) is 0 Å². The molecule has 1 amide bonds. The minimum absolute atomic E-state index is 0.0340. The minimum Gasteiger partial charge on any atom is -0.497 e. The average Bonchev–Trinajstić information content (AvgIpc) is 3.09. The van der Waals surface area contributed by atoms with Crippen LogP contribution in [-0.4, -0.2) is 17.6 Å². The van der Waals surface area contributed by atoms with Gasteiger partial charge in [0.15, 0.2) is 0 Å². The molecule has 0 fully saturated rings. The molecule has 3 aromatic rings. The average molecular weight is 374 g/mol. The summed E-state index contributed by atoms with van der Waals surface area (Å²) >= 11 is 0. The molecule has 3 rings (SSSR count). The fourth-order valence-corrected chi connectivity index (χ4v) is 3.00. The van der Waals surface area contributed by atoms with E-state index in [4.69, 9.17) is 10.5 Å². The van der Waals surface area contributed by atoms with Crippen LogP contribution in [-0.2, 0) is 6.18 Å². The van der Waals surface area contributed by atoms with Crippen LogP contribution in [0.2, 0.25) is 0 Å². The van der Waals surface area contributed by atoms with E-state index in [1.165, 1.54) is 19.2 Å². The molecule has 0 unspecified atom stereocenters. The molecule has 2 aromatic carbocycles. The Labute approximate surface area is 154 Å². The number of nitrogens with two attached hydrogens (primary N) is 1. The minimum atomic E-state index is -4.54. The van der Waals surface area contributed by atoms with E-state index in [1.54, 1.807) is 48.0 Å². The second kappa shape index (κ2) is 6.83. The molecule has 0 bridgehead atoms. The van der Waals surface area contributed by atoms with Gasteiger partial charge in [-0.2, -0.15) is 13.2 Å². The van der Waals surface area contributed by atoms with Crippen LogP contribution in [0.15, 0.2) is 54.7 Å². The van der Waals surface area contributed by atoms with Crippen molar-refractivity contribution >= 4 is 5.91 Å². The summed E-state index contributed by atoms with van der Waals surface area (Å²) in [6, 6.07) is 12.0. The normalized spacial score (nSPS) is 11.4. The van der Waals surface area contributed by atoms with Crippen molar-refractivity contribution < 1.29 is 22.7 Å². The number of alkyl halides is 3. The van der Waals surface area contributed by atoms with Gasteiger partial charge in [0.05, 0.1) is 18.4 Å². The van der Waals surface area contributed by atoms with Gasteiger partial charge in [0, 0.05) is 23.0 Å². The summed E-state index contributed by atoms with van der Waals surface area (Å²) in [5.74, 6) is -0.432. The Bertz CT molecular complexity index is 1010. The third-order valence-electron chi connectivity index (χ3n) is 4.30. The quantitative estimate of drug-likeness (QED) is 0.727. The highest BCUT2D eigenvalue weighted by molar-refractivity contribution is 5.93. The number of rotatable bonds is 4. The van der Waals surface area contributed by atoms with Gasteiger partial charge in [-0.25, -0.2) is 0 Å². The number of halogens is 3. The van der Waals surface area contributed by atoms with E-state index in [1.807, 2.05) is 0 Å². The number of aryl methyl sites for hydroxylation is 1. The second-order valence-corrected chi connectivity index (χ2v) is 6.04. The molecule has 0 saturated heterocycles. The lowest BCUT2D eigenvalue weighted by Gasteiger charge is -2.17. The number of methoxy groups -OCH3 is 1. The molecule has 1 aromatic heterocycles. The summed E-state index contributed by atoms with van der Waals surface area (Å²) in [7, 11) is 1.32. The van der Waals surface area contributed by atoms with Crippen molar-refractivity contribution in [3.05, 3.63) is 71.4 Å². The largest absolute Gasteiger partial charge is 0.497 e. The maximum absolute atomic E-state index is 13.6. The predicted octanol–water partition coefficient (Wildman–Crippen LogP) is 4.58. The molecule has 7 heteroatoms. The van der Waals surface area contributed by atoms with Crippen LogP contribution in [0.25, 0.3) is 16.9 Å². The molecule has 2 N–H and O–H groups in total. The van der Waals surface area contributed by atoms with Gasteiger partial charge in [-0.15, -0.1) is 0 Å². The van der Waals surface area contributed by atoms with Crippen LogP contribution in [0.3, 0.4) is 0 Å². The van der Waals surface area contributed by atoms with Gasteiger partial charge in [-0.1, -0.05) is 0 Å². The first-order chi connectivity index (χ1) is 12.7. The van der Waals surface area contributed by atoms with Crippen LogP contribution < -0.4 is 10.5 Å². The Morgan fingerprint density at radius 1 is 1.11 bits per heavy atom. The number of amides is 1. The molecule has 0 atom stereocenters. The molecule has 0 saturated carbocycles. The number of ether oxygens (including phenoxy) is 1. The van der Waals surface area contributed by atoms with Gasteiger partial charge in [0.1, 0.15) is 5.75 Å². The Morgan fingerprint density at radius 3 is 2.44 bits per heavy atom. The summed E-state index contributed by atoms with van der Waals surface area (Å²) in [4.78, 5) is 11.3. The molecule has 0 aliphatic rings. The van der Waals surface area contributed by atoms with Crippen LogP contribution in [0, 0.1) is 6.92 Å². The molecule has 1 heterocycles. The van der Waals surface area contributed by atoms with Crippen LogP contribution in [0.1, 0.15) is 21.5 Å². The highest BCUT2D eigenvalue weighted by atomic mass is 19.4. The smallest absolute Gasteiger partial charge is 0.417 e. The maximum atomic E-state index is 13.6. The number of benzene rings is 2. The number of primary amides is 1. The lowest BCUT2D eigenvalue weighted by Crippen LogP contribution is -2.12. The van der Waals surface area contributed by atoms with Crippen molar-refractivity contribution in [2.24, 2.45) is 5.73 Å². The number of hydrogen-bond acceptors (Lipinski definition) is 2. The topological polar surface area (TPSA) is 57.2 Å². The van der Waals surface area contributed by atoms with Crippen molar-refractivity contribution in [2.75, 3.05) is 7.11 Å². The molecule has 0 aliphatic carbocycles. The summed E-state index contributed by atoms with van der Waals surface area (Å²) in [5.41, 5.74) is 6.62. The first kappa shape index (κ1) is 18.6. The van der Waals surface area contributed by atoms with Gasteiger partial charge >= 0.3 is 6.18 Å². The second-order valence-electron chi connectivity index (χ2n) is 6.04. The Kier molecular flexibility index (Phi) is 4.70. The molecular formula is C20H17F3N2O2. The third-order valence-corrected chi connectivity index (χ3v) is 4.30. The first-order valence-corrected chi connectivity index (χ1v) is 8.06. The van der Waals surface area contributed by atoms with Crippen LogP contribution >= 0.6 is 0 Å². The molecule has 0 aliphatic heterocycles. The summed E-state index contributed by atoms with van der Waals surface area (Å²) in [5, 5.41) is 0. The van der Waals surface area contributed by atoms with Gasteiger partial charge in [0.2, 0.25) is 5.91 Å². The summed E-state index contributed by atoms with van der Waals surface area (Å²) in [6.45, 7) is 1.77. The molecule has 140 valence electrons. The van der Waals surface area contributed by atoms with Crippen LogP contribution in [0.4, 0.5) is 13.2 Å². The van der Waals surface area contributed by atoms with E-state index in [-0.39, 0.29) is 11.3 Å². The first-order valence-electron chi connectivity index (χ1n) is 8.06. The number of nitrogens with zero attached hydrogens (tertiary/aromatic N) is 1. The Morgan fingerprint density at radius 2 is 1.85 bits per heavy atom. The highest BCUT2D eigenvalue weighted by Gasteiger charge is 2.35. The fourth-order valence-electron chi connectivity index (χ4n) is 3.00. The van der Waals surface area contributed by atoms with Gasteiger partial charge < -0.3 is 15.0 Å². The summed E-state index contributed by atoms with van der Waals surface area (Å²) < 4.78 is 47.4. The van der Waals surface area contributed by atoms with Crippen molar-refractivity contribution in [3.63, 3.8) is 0 Å². The number of carbonyl (C=O) groups excluding carboxylic acids is 1. The maximum Gasteiger partial charge on any atom is 0.417 e. The SMILES string of the molecule is COc1ccc(-c2cccn2-c2ccc(C(N)=O)cc2C)c(C(F)(F)F)c1. The van der Waals surface area contributed by atoms with E-state index >= 15 is 0 Å². The Balaban J connectivity index is 2.18.